The summed E-state index contributed by atoms with van der Waals surface area (Å²) in [5.74, 6) is 0.555. The smallest absolute Gasteiger partial charge is 0.0839 e. The lowest BCUT2D eigenvalue weighted by Crippen LogP contribution is -2.04. The number of hydrogen-bond donors (Lipinski definition) is 0. The lowest BCUT2D eigenvalue weighted by molar-refractivity contribution is 0.409. The molecule has 2 heteroatoms. The average Bonchev–Trinajstić information content (AvgIpc) is 2.80. The third-order valence-corrected chi connectivity index (χ3v) is 7.26. The van der Waals surface area contributed by atoms with Gasteiger partial charge in [0.2, 0.25) is 0 Å². The van der Waals surface area contributed by atoms with Crippen LogP contribution in [0.25, 0.3) is 0 Å². The summed E-state index contributed by atoms with van der Waals surface area (Å²) >= 11 is 0. The Bertz CT molecular complexity index is 344. The van der Waals surface area contributed by atoms with Gasteiger partial charge in [-0.05, 0) is 18.8 Å². The van der Waals surface area contributed by atoms with Gasteiger partial charge in [0, 0.05) is 0 Å². The van der Waals surface area contributed by atoms with Crippen molar-refractivity contribution in [2.45, 2.75) is 181 Å². The third-order valence-electron chi connectivity index (χ3n) is 7.26. The van der Waals surface area contributed by atoms with E-state index >= 15 is 0 Å². The molecule has 192 valence electrons. The fourth-order valence-corrected chi connectivity index (χ4v) is 4.98. The first-order chi connectivity index (χ1) is 15.8. The van der Waals surface area contributed by atoms with E-state index in [1.54, 1.807) is 0 Å². The maximum Gasteiger partial charge on any atom is 0.0839 e. The molecule has 0 aromatic heterocycles. The molecule has 1 unspecified atom stereocenters. The van der Waals surface area contributed by atoms with Crippen molar-refractivity contribution in [1.29, 1.82) is 0 Å². The highest BCUT2D eigenvalue weighted by Gasteiger charge is 2.08. The molecule has 2 nitrogen and oxygen atoms in total. The van der Waals surface area contributed by atoms with Gasteiger partial charge in [-0.3, -0.25) is 0 Å². The number of rotatable bonds is 28. The Kier molecular flexibility index (Phi) is 28.3. The Morgan fingerprint density at radius 3 is 0.906 bits per heavy atom. The normalized spacial score (nSPS) is 12.3. The molecular weight excluding hydrogens is 390 g/mol. The first-order valence-electron chi connectivity index (χ1n) is 15.1. The van der Waals surface area contributed by atoms with Crippen molar-refractivity contribution in [3.05, 3.63) is 4.91 Å². The summed E-state index contributed by atoms with van der Waals surface area (Å²) in [6.07, 6.45) is 36.1. The fourth-order valence-electron chi connectivity index (χ4n) is 4.98. The summed E-state index contributed by atoms with van der Waals surface area (Å²) in [6.45, 7) is 5.13. The maximum absolute atomic E-state index is 10.8. The van der Waals surface area contributed by atoms with Gasteiger partial charge in [-0.25, -0.2) is 0 Å². The van der Waals surface area contributed by atoms with Crippen LogP contribution >= 0.6 is 0 Å². The molecule has 0 aromatic rings. The Morgan fingerprint density at radius 1 is 0.406 bits per heavy atom. The highest BCUT2D eigenvalue weighted by Crippen LogP contribution is 2.20. The van der Waals surface area contributed by atoms with Gasteiger partial charge in [-0.2, -0.15) is 4.91 Å². The van der Waals surface area contributed by atoms with Gasteiger partial charge in [0.05, 0.1) is 6.54 Å². The number of hydrogen-bond acceptors (Lipinski definition) is 2. The Balaban J connectivity index is 3.37. The van der Waals surface area contributed by atoms with E-state index in [4.69, 9.17) is 0 Å². The van der Waals surface area contributed by atoms with E-state index in [-0.39, 0.29) is 0 Å². The second kappa shape index (κ2) is 28.6. The van der Waals surface area contributed by atoms with Crippen LogP contribution in [0.1, 0.15) is 181 Å². The zero-order valence-electron chi connectivity index (χ0n) is 22.5. The van der Waals surface area contributed by atoms with Crippen LogP contribution < -0.4 is 0 Å². The van der Waals surface area contributed by atoms with E-state index in [1.807, 2.05) is 0 Å². The molecule has 1 atom stereocenters. The number of nitroso groups, excluding NO2 is 1. The fraction of sp³-hybridized carbons (Fsp3) is 1.00. The topological polar surface area (TPSA) is 29.4 Å². The zero-order valence-corrected chi connectivity index (χ0v) is 22.5. The van der Waals surface area contributed by atoms with Crippen molar-refractivity contribution in [3.8, 4) is 0 Å². The lowest BCUT2D eigenvalue weighted by atomic mass is 9.94. The van der Waals surface area contributed by atoms with Crippen molar-refractivity contribution in [2.24, 2.45) is 11.1 Å². The summed E-state index contributed by atoms with van der Waals surface area (Å²) in [4.78, 5) is 10.8. The zero-order chi connectivity index (χ0) is 23.4. The number of nitrogens with zero attached hydrogens (tertiary/aromatic N) is 1. The van der Waals surface area contributed by atoms with Crippen LogP contribution in [0, 0.1) is 10.8 Å². The van der Waals surface area contributed by atoms with E-state index < -0.39 is 0 Å². The van der Waals surface area contributed by atoms with Crippen LogP contribution in [0.4, 0.5) is 0 Å². The highest BCUT2D eigenvalue weighted by atomic mass is 16.3. The second-order valence-electron chi connectivity index (χ2n) is 10.5. The summed E-state index contributed by atoms with van der Waals surface area (Å²) in [5.41, 5.74) is 0. The Labute approximate surface area is 203 Å². The van der Waals surface area contributed by atoms with E-state index in [1.165, 1.54) is 167 Å². The van der Waals surface area contributed by atoms with E-state index in [9.17, 15) is 4.91 Å². The molecule has 0 aliphatic heterocycles. The summed E-state index contributed by atoms with van der Waals surface area (Å²) in [6, 6.07) is 0. The van der Waals surface area contributed by atoms with Gasteiger partial charge in [0.1, 0.15) is 0 Å². The minimum absolute atomic E-state index is 0.551. The van der Waals surface area contributed by atoms with Gasteiger partial charge >= 0.3 is 0 Å². The highest BCUT2D eigenvalue weighted by molar-refractivity contribution is 4.63. The van der Waals surface area contributed by atoms with Crippen LogP contribution in [0.15, 0.2) is 5.18 Å². The van der Waals surface area contributed by atoms with Gasteiger partial charge in [-0.1, -0.05) is 173 Å². The molecule has 0 saturated heterocycles. The quantitative estimate of drug-likeness (QED) is 0.0858. The molecule has 0 heterocycles. The minimum Gasteiger partial charge on any atom is -0.151 e. The molecule has 0 N–H and O–H groups in total. The molecule has 0 aliphatic carbocycles. The first-order valence-corrected chi connectivity index (χ1v) is 15.1. The molecule has 32 heavy (non-hydrogen) atoms. The minimum atomic E-state index is 0.551. The van der Waals surface area contributed by atoms with Gasteiger partial charge < -0.3 is 0 Å². The van der Waals surface area contributed by atoms with E-state index in [2.05, 4.69) is 19.0 Å². The van der Waals surface area contributed by atoms with Crippen molar-refractivity contribution in [3.63, 3.8) is 0 Å². The molecule has 0 radical (unpaired) electrons. The first kappa shape index (κ1) is 31.6. The van der Waals surface area contributed by atoms with Crippen LogP contribution in [0.5, 0.6) is 0 Å². The molecule has 0 aliphatic rings. The van der Waals surface area contributed by atoms with Crippen molar-refractivity contribution >= 4 is 0 Å². The largest absolute Gasteiger partial charge is 0.151 e. The number of unbranched alkanes of at least 4 members (excludes halogenated alkanes) is 22. The monoisotopic (exact) mass is 451 g/mol. The molecule has 0 spiro atoms. The summed E-state index contributed by atoms with van der Waals surface area (Å²) in [7, 11) is 0. The van der Waals surface area contributed by atoms with E-state index in [0.717, 1.165) is 0 Å². The SMILES string of the molecule is CCCCCCCCCCCCCCCCCC(CCCCCCCCCCC)CN=O. The third kappa shape index (κ3) is 25.9. The predicted octanol–water partition coefficient (Wildman–Crippen LogP) is 11.6. The lowest BCUT2D eigenvalue weighted by Gasteiger charge is -2.13. The van der Waals surface area contributed by atoms with Gasteiger partial charge in [-0.15, -0.1) is 0 Å². The van der Waals surface area contributed by atoms with Crippen LogP contribution in [0.3, 0.4) is 0 Å². The Morgan fingerprint density at radius 2 is 0.656 bits per heavy atom. The summed E-state index contributed by atoms with van der Waals surface area (Å²) < 4.78 is 0. The molecule has 0 rings (SSSR count). The van der Waals surface area contributed by atoms with E-state index in [0.29, 0.717) is 12.5 Å². The Hall–Kier alpha value is -0.400. The van der Waals surface area contributed by atoms with Crippen LogP contribution in [-0.2, 0) is 0 Å². The van der Waals surface area contributed by atoms with Crippen molar-refractivity contribution in [2.75, 3.05) is 6.54 Å². The molecule has 0 bridgehead atoms. The van der Waals surface area contributed by atoms with Crippen LogP contribution in [-0.4, -0.2) is 6.54 Å². The van der Waals surface area contributed by atoms with Gasteiger partial charge in [0.15, 0.2) is 0 Å². The summed E-state index contributed by atoms with van der Waals surface area (Å²) in [5, 5.41) is 3.23. The predicted molar refractivity (Wildman–Crippen MR) is 146 cm³/mol. The molecule has 0 fully saturated rings. The average molecular weight is 452 g/mol. The van der Waals surface area contributed by atoms with Gasteiger partial charge in [0.25, 0.3) is 0 Å². The van der Waals surface area contributed by atoms with Crippen molar-refractivity contribution < 1.29 is 0 Å². The standard InChI is InChI=1S/C30H61NO/c1-3-5-7-9-11-13-14-15-16-17-18-20-22-24-26-28-30(29-31-32)27-25-23-21-19-12-10-8-6-4-2/h30H,3-29H2,1-2H3. The maximum atomic E-state index is 10.8. The molecule has 0 aromatic carbocycles. The van der Waals surface area contributed by atoms with Crippen molar-refractivity contribution in [1.82, 2.24) is 0 Å². The molecule has 0 amide bonds. The molecular formula is C30H61NO. The second-order valence-corrected chi connectivity index (χ2v) is 10.5. The molecule has 0 saturated carbocycles. The van der Waals surface area contributed by atoms with Crippen LogP contribution in [0.2, 0.25) is 0 Å².